The lowest BCUT2D eigenvalue weighted by Crippen LogP contribution is -2.49. The van der Waals surface area contributed by atoms with Crippen LogP contribution in [0.4, 0.5) is 5.69 Å². The number of halogens is 1. The molecule has 0 saturated carbocycles. The van der Waals surface area contributed by atoms with Crippen LogP contribution in [0.15, 0.2) is 103 Å². The smallest absolute Gasteiger partial charge is 0.238 e. The van der Waals surface area contributed by atoms with Crippen LogP contribution in [-0.2, 0) is 10.2 Å². The van der Waals surface area contributed by atoms with Crippen LogP contribution in [0, 0.1) is 5.92 Å². The number of hydrogen-bond acceptors (Lipinski definition) is 5. The number of fused-ring (bicyclic) bond motifs is 6. The zero-order chi connectivity index (χ0) is 29.0. The van der Waals surface area contributed by atoms with E-state index in [4.69, 9.17) is 16.3 Å². The molecule has 4 aromatic carbocycles. The molecule has 3 aliphatic rings. The summed E-state index contributed by atoms with van der Waals surface area (Å²) in [4.78, 5) is 46.2. The third-order valence-electron chi connectivity index (χ3n) is 8.71. The molecule has 0 aliphatic carbocycles. The van der Waals surface area contributed by atoms with Crippen molar-refractivity contribution < 1.29 is 19.1 Å². The minimum absolute atomic E-state index is 0.290. The van der Waals surface area contributed by atoms with E-state index in [-0.39, 0.29) is 17.5 Å². The van der Waals surface area contributed by atoms with Crippen LogP contribution in [0.25, 0.3) is 6.08 Å². The Morgan fingerprint density at radius 2 is 1.57 bits per heavy atom. The number of carbonyl (C=O) groups excluding carboxylic acids is 3. The monoisotopic (exact) mass is 574 g/mol. The molecule has 3 heterocycles. The summed E-state index contributed by atoms with van der Waals surface area (Å²) in [5.74, 6) is -1.66. The van der Waals surface area contributed by atoms with Crippen molar-refractivity contribution in [1.82, 2.24) is 4.90 Å². The Morgan fingerprint density at radius 3 is 2.38 bits per heavy atom. The van der Waals surface area contributed by atoms with Crippen LogP contribution in [0.5, 0.6) is 5.75 Å². The van der Waals surface area contributed by atoms with Gasteiger partial charge in [0.1, 0.15) is 17.2 Å². The third-order valence-corrected chi connectivity index (χ3v) is 9.04. The maximum absolute atomic E-state index is 15.0. The summed E-state index contributed by atoms with van der Waals surface area (Å²) < 4.78 is 5.88. The second-order valence-electron chi connectivity index (χ2n) is 10.7. The summed E-state index contributed by atoms with van der Waals surface area (Å²) in [5.41, 5.74) is 2.34. The molecule has 4 aromatic rings. The number of anilines is 1. The molecule has 7 heteroatoms. The SMILES string of the molecule is CCOc1ccccc1C(=O)[C@@H]1[C@H](C(=O)c2ccccc2Cl)N2C=Cc3ccccc3[C@@H]2[C@]12C(=O)Nc1ccccc12. The second-order valence-corrected chi connectivity index (χ2v) is 11.1. The molecule has 42 heavy (non-hydrogen) atoms. The Kier molecular flexibility index (Phi) is 6.24. The van der Waals surface area contributed by atoms with Gasteiger partial charge in [0.15, 0.2) is 11.6 Å². The van der Waals surface area contributed by atoms with Crippen molar-refractivity contribution in [3.8, 4) is 5.75 Å². The molecule has 0 radical (unpaired) electrons. The first-order chi connectivity index (χ1) is 20.5. The van der Waals surface area contributed by atoms with E-state index < -0.39 is 23.4 Å². The van der Waals surface area contributed by atoms with E-state index in [1.54, 1.807) is 48.5 Å². The summed E-state index contributed by atoms with van der Waals surface area (Å²) in [5, 5.41) is 3.36. The Bertz CT molecular complexity index is 1800. The molecular formula is C35H27ClN2O4. The third kappa shape index (κ3) is 3.61. The van der Waals surface area contributed by atoms with Gasteiger partial charge in [-0.25, -0.2) is 0 Å². The predicted molar refractivity (Wildman–Crippen MR) is 162 cm³/mol. The normalized spacial score (nSPS) is 23.2. The lowest BCUT2D eigenvalue weighted by Gasteiger charge is -2.38. The predicted octanol–water partition coefficient (Wildman–Crippen LogP) is 6.72. The number of carbonyl (C=O) groups is 3. The summed E-state index contributed by atoms with van der Waals surface area (Å²) in [6.45, 7) is 2.21. The van der Waals surface area contributed by atoms with Gasteiger partial charge in [-0.3, -0.25) is 14.4 Å². The van der Waals surface area contributed by atoms with Gasteiger partial charge < -0.3 is 15.0 Å². The molecule has 3 aliphatic heterocycles. The lowest BCUT2D eigenvalue weighted by molar-refractivity contribution is -0.122. The van der Waals surface area contributed by atoms with Gasteiger partial charge in [-0.1, -0.05) is 78.3 Å². The summed E-state index contributed by atoms with van der Waals surface area (Å²) in [6, 6.07) is 27.5. The van der Waals surface area contributed by atoms with Crippen molar-refractivity contribution in [2.75, 3.05) is 11.9 Å². The molecule has 4 atom stereocenters. The highest BCUT2D eigenvalue weighted by molar-refractivity contribution is 6.34. The fraction of sp³-hybridized carbons (Fsp3) is 0.171. The largest absolute Gasteiger partial charge is 0.493 e. The minimum Gasteiger partial charge on any atom is -0.493 e. The van der Waals surface area contributed by atoms with E-state index >= 15 is 4.79 Å². The highest BCUT2D eigenvalue weighted by Gasteiger charge is 2.71. The summed E-state index contributed by atoms with van der Waals surface area (Å²) in [7, 11) is 0. The van der Waals surface area contributed by atoms with Gasteiger partial charge in [0, 0.05) is 17.5 Å². The van der Waals surface area contributed by atoms with Gasteiger partial charge in [0.05, 0.1) is 29.2 Å². The zero-order valence-electron chi connectivity index (χ0n) is 22.8. The van der Waals surface area contributed by atoms with Crippen molar-refractivity contribution in [3.05, 3.63) is 136 Å². The van der Waals surface area contributed by atoms with Crippen LogP contribution in [0.3, 0.4) is 0 Å². The first-order valence-electron chi connectivity index (χ1n) is 14.0. The molecule has 0 unspecified atom stereocenters. The molecule has 7 rings (SSSR count). The van der Waals surface area contributed by atoms with E-state index in [1.807, 2.05) is 72.6 Å². The van der Waals surface area contributed by atoms with Gasteiger partial charge in [-0.15, -0.1) is 0 Å². The molecule has 1 amide bonds. The van der Waals surface area contributed by atoms with E-state index in [0.717, 1.165) is 11.1 Å². The molecule has 1 fully saturated rings. The van der Waals surface area contributed by atoms with Crippen LogP contribution >= 0.6 is 11.6 Å². The van der Waals surface area contributed by atoms with Gasteiger partial charge in [0.25, 0.3) is 0 Å². The first-order valence-corrected chi connectivity index (χ1v) is 14.4. The molecule has 6 nitrogen and oxygen atoms in total. The van der Waals surface area contributed by atoms with Crippen LogP contribution in [-0.4, -0.2) is 35.0 Å². The van der Waals surface area contributed by atoms with Crippen LogP contribution < -0.4 is 10.1 Å². The Morgan fingerprint density at radius 1 is 0.881 bits per heavy atom. The Hall–Kier alpha value is -4.68. The number of benzene rings is 4. The average molecular weight is 575 g/mol. The van der Waals surface area contributed by atoms with E-state index in [0.29, 0.717) is 39.8 Å². The molecule has 1 N–H and O–H groups in total. The number of Topliss-reactive ketones (excluding diaryl/α,β-unsaturated/α-hetero) is 2. The number of rotatable bonds is 6. The van der Waals surface area contributed by atoms with Gasteiger partial charge in [-0.2, -0.15) is 0 Å². The Balaban J connectivity index is 1.55. The Labute approximate surface area is 248 Å². The highest BCUT2D eigenvalue weighted by atomic mass is 35.5. The molecule has 1 spiro atoms. The number of nitrogens with zero attached hydrogens (tertiary/aromatic N) is 1. The van der Waals surface area contributed by atoms with Crippen molar-refractivity contribution in [2.45, 2.75) is 24.4 Å². The summed E-state index contributed by atoms with van der Waals surface area (Å²) in [6.07, 6.45) is 3.79. The fourth-order valence-electron chi connectivity index (χ4n) is 7.11. The topological polar surface area (TPSA) is 75.7 Å². The number of para-hydroxylation sites is 2. The lowest BCUT2D eigenvalue weighted by atomic mass is 9.62. The van der Waals surface area contributed by atoms with Crippen LogP contribution in [0.2, 0.25) is 5.02 Å². The van der Waals surface area contributed by atoms with E-state index in [2.05, 4.69) is 5.32 Å². The van der Waals surface area contributed by atoms with E-state index in [9.17, 15) is 9.59 Å². The van der Waals surface area contributed by atoms with Gasteiger partial charge in [0.2, 0.25) is 5.91 Å². The maximum Gasteiger partial charge on any atom is 0.238 e. The first kappa shape index (κ1) is 26.2. The number of ether oxygens (including phenoxy) is 1. The number of nitrogens with one attached hydrogen (secondary N) is 1. The molecule has 0 bridgehead atoms. The van der Waals surface area contributed by atoms with Crippen molar-refractivity contribution in [2.24, 2.45) is 5.92 Å². The molecular weight excluding hydrogens is 548 g/mol. The van der Waals surface area contributed by atoms with Crippen molar-refractivity contribution in [3.63, 3.8) is 0 Å². The van der Waals surface area contributed by atoms with Crippen molar-refractivity contribution in [1.29, 1.82) is 0 Å². The molecule has 208 valence electrons. The quantitative estimate of drug-likeness (QED) is 0.259. The molecule has 0 aromatic heterocycles. The molecule has 1 saturated heterocycles. The van der Waals surface area contributed by atoms with E-state index in [1.165, 1.54) is 0 Å². The van der Waals surface area contributed by atoms with Crippen molar-refractivity contribution >= 4 is 40.8 Å². The highest BCUT2D eigenvalue weighted by Crippen LogP contribution is 2.62. The zero-order valence-corrected chi connectivity index (χ0v) is 23.5. The number of amides is 1. The summed E-state index contributed by atoms with van der Waals surface area (Å²) >= 11 is 6.58. The van der Waals surface area contributed by atoms with Gasteiger partial charge >= 0.3 is 0 Å². The average Bonchev–Trinajstić information content (AvgIpc) is 3.49. The number of hydrogen-bond donors (Lipinski definition) is 1. The van der Waals surface area contributed by atoms with Gasteiger partial charge in [-0.05, 0) is 60.0 Å². The fourth-order valence-corrected chi connectivity index (χ4v) is 7.34. The standard InChI is InChI=1S/C35H27ClN2O4/c1-2-42-28-18-10-6-14-24(28)31(39)29-30(32(40)23-13-5-8-16-26(23)36)38-20-19-21-11-3-4-12-22(21)33(38)35(29)25-15-7-9-17-27(25)37-34(35)41/h3-20,29-30,33H,2H2,1H3,(H,37,41)/t29-,30+,33+,35+/m0/s1. The minimum atomic E-state index is -1.42. The maximum atomic E-state index is 15.0. The van der Waals surface area contributed by atoms with Crippen LogP contribution in [0.1, 0.15) is 50.4 Å². The number of ketones is 2. The second kappa shape index (κ2) is 10.00.